The van der Waals surface area contributed by atoms with Gasteiger partial charge >= 0.3 is 0 Å². The Bertz CT molecular complexity index is 2000. The number of nitrogens with zero attached hydrogens (tertiary/aromatic N) is 3. The molecule has 0 radical (unpaired) electrons. The monoisotopic (exact) mass is 552 g/mol. The van der Waals surface area contributed by atoms with E-state index in [-0.39, 0.29) is 29.0 Å². The number of carbonyl (C=O) groups excluding carboxylic acids is 1. The zero-order chi connectivity index (χ0) is 28.0. The molecule has 0 bridgehead atoms. The predicted molar refractivity (Wildman–Crippen MR) is 153 cm³/mol. The van der Waals surface area contributed by atoms with Crippen LogP contribution in [0.25, 0.3) is 33.1 Å². The number of benzene rings is 3. The first-order valence-corrected chi connectivity index (χ1v) is 12.9. The molecule has 9 heteroatoms. The summed E-state index contributed by atoms with van der Waals surface area (Å²) in [4.78, 5) is 38.1. The number of rotatable bonds is 6. The molecular formula is C31H22ClFN4O3. The van der Waals surface area contributed by atoms with Crippen LogP contribution in [0.15, 0.2) is 84.0 Å². The second-order valence-electron chi connectivity index (χ2n) is 9.45. The Kier molecular flexibility index (Phi) is 6.40. The van der Waals surface area contributed by atoms with Gasteiger partial charge in [0.05, 0.1) is 16.5 Å². The minimum atomic E-state index is -0.661. The van der Waals surface area contributed by atoms with Gasteiger partial charge in [0.15, 0.2) is 22.8 Å². The molecule has 0 aliphatic heterocycles. The first kappa shape index (κ1) is 25.5. The second-order valence-corrected chi connectivity index (χ2v) is 9.88. The van der Waals surface area contributed by atoms with Gasteiger partial charge in [-0.25, -0.2) is 14.4 Å². The lowest BCUT2D eigenvalue weighted by Crippen LogP contribution is -2.23. The fraction of sp³-hybridized carbons (Fsp3) is 0.0968. The molecule has 3 aromatic heterocycles. The molecule has 0 aliphatic carbocycles. The van der Waals surface area contributed by atoms with Crippen molar-refractivity contribution in [2.24, 2.45) is 7.05 Å². The Morgan fingerprint density at radius 2 is 1.88 bits per heavy atom. The van der Waals surface area contributed by atoms with Crippen LogP contribution in [0.3, 0.4) is 0 Å². The quantitative estimate of drug-likeness (QED) is 0.230. The molecule has 0 fully saturated rings. The number of aromatic nitrogens is 4. The number of hydrogen-bond acceptors (Lipinski definition) is 5. The topological polar surface area (TPSA) is 89.9 Å². The van der Waals surface area contributed by atoms with Crippen LogP contribution in [0, 0.1) is 12.7 Å². The summed E-state index contributed by atoms with van der Waals surface area (Å²) in [6.45, 7) is 1.71. The molecule has 1 N–H and O–H groups in total. The van der Waals surface area contributed by atoms with Gasteiger partial charge in [0.25, 0.3) is 0 Å². The maximum atomic E-state index is 15.2. The fourth-order valence-corrected chi connectivity index (χ4v) is 5.09. The average molecular weight is 553 g/mol. The van der Waals surface area contributed by atoms with Crippen LogP contribution in [0.1, 0.15) is 21.6 Å². The summed E-state index contributed by atoms with van der Waals surface area (Å²) in [6, 6.07) is 18.9. The molecule has 0 saturated carbocycles. The summed E-state index contributed by atoms with van der Waals surface area (Å²) in [5.74, 6) is -0.915. The predicted octanol–water partition coefficient (Wildman–Crippen LogP) is 6.80. The molecular weight excluding hydrogens is 531 g/mol. The van der Waals surface area contributed by atoms with Gasteiger partial charge < -0.3 is 14.3 Å². The van der Waals surface area contributed by atoms with Crippen LogP contribution < -0.4 is 10.2 Å². The van der Waals surface area contributed by atoms with Crippen LogP contribution in [0.2, 0.25) is 5.02 Å². The van der Waals surface area contributed by atoms with Gasteiger partial charge in [0, 0.05) is 41.3 Å². The van der Waals surface area contributed by atoms with Gasteiger partial charge in [-0.05, 0) is 48.4 Å². The number of H-pyrrole nitrogens is 1. The zero-order valence-corrected chi connectivity index (χ0v) is 22.3. The van der Waals surface area contributed by atoms with E-state index >= 15 is 4.39 Å². The molecule has 0 unspecified atom stereocenters. The van der Waals surface area contributed by atoms with Crippen molar-refractivity contribution in [2.45, 2.75) is 13.3 Å². The minimum absolute atomic E-state index is 0.0499. The smallest absolute Gasteiger partial charge is 0.232 e. The number of hydrogen-bond donors (Lipinski definition) is 1. The number of Topliss-reactive ketones (excluding diaryl/α,β-unsaturated/α-hetero) is 1. The largest absolute Gasteiger partial charge is 0.435 e. The number of aromatic amines is 1. The maximum absolute atomic E-state index is 15.2. The Labute approximate surface area is 232 Å². The van der Waals surface area contributed by atoms with Crippen molar-refractivity contribution < 1.29 is 13.9 Å². The summed E-state index contributed by atoms with van der Waals surface area (Å²) < 4.78 is 22.9. The number of halogens is 2. The maximum Gasteiger partial charge on any atom is 0.232 e. The van der Waals surface area contributed by atoms with Crippen LogP contribution in [-0.2, 0) is 13.5 Å². The highest BCUT2D eigenvalue weighted by Gasteiger charge is 2.21. The van der Waals surface area contributed by atoms with Crippen molar-refractivity contribution in [1.29, 1.82) is 0 Å². The Balaban J connectivity index is 1.30. The van der Waals surface area contributed by atoms with Crippen LogP contribution in [-0.4, -0.2) is 25.3 Å². The highest BCUT2D eigenvalue weighted by atomic mass is 35.5. The number of carbonyl (C=O) groups is 1. The average Bonchev–Trinajstić information content (AvgIpc) is 3.39. The van der Waals surface area contributed by atoms with Gasteiger partial charge in [-0.1, -0.05) is 48.0 Å². The van der Waals surface area contributed by atoms with Crippen LogP contribution in [0.5, 0.6) is 11.6 Å². The van der Waals surface area contributed by atoms with Crippen molar-refractivity contribution in [2.75, 3.05) is 0 Å². The summed E-state index contributed by atoms with van der Waals surface area (Å²) >= 11 is 6.11. The van der Waals surface area contributed by atoms with Gasteiger partial charge in [-0.3, -0.25) is 9.59 Å². The molecule has 0 atom stereocenters. The standard InChI is InChI=1S/C31H22ClFN4O3/c1-17-27(29(39)21-10-9-20(32)14-24(21)37(17)2)25(38)13-18-8-11-26(23(33)12-18)40-31-28-22(19-6-4-3-5-7-19)15-34-30(28)35-16-36-31/h3-12,14-16H,13H2,1-2H3,(H,34,35,36). The first-order valence-electron chi connectivity index (χ1n) is 12.5. The lowest BCUT2D eigenvalue weighted by Gasteiger charge is -2.14. The zero-order valence-electron chi connectivity index (χ0n) is 21.5. The molecule has 0 aliphatic rings. The highest BCUT2D eigenvalue weighted by molar-refractivity contribution is 6.31. The van der Waals surface area contributed by atoms with E-state index in [0.29, 0.717) is 38.2 Å². The summed E-state index contributed by atoms with van der Waals surface area (Å²) in [5, 5.41) is 1.51. The lowest BCUT2D eigenvalue weighted by atomic mass is 9.99. The Hall–Kier alpha value is -4.82. The highest BCUT2D eigenvalue weighted by Crippen LogP contribution is 2.36. The van der Waals surface area contributed by atoms with Crippen molar-refractivity contribution in [1.82, 2.24) is 19.5 Å². The molecule has 7 nitrogen and oxygen atoms in total. The van der Waals surface area contributed by atoms with E-state index in [4.69, 9.17) is 16.3 Å². The van der Waals surface area contributed by atoms with Gasteiger partial charge in [0.2, 0.25) is 5.88 Å². The molecule has 198 valence electrons. The molecule has 0 amide bonds. The second kappa shape index (κ2) is 10.1. The van der Waals surface area contributed by atoms with E-state index in [1.165, 1.54) is 18.5 Å². The summed E-state index contributed by atoms with van der Waals surface area (Å²) in [7, 11) is 1.77. The van der Waals surface area contributed by atoms with Crippen molar-refractivity contribution >= 4 is 39.3 Å². The molecule has 6 rings (SSSR count). The van der Waals surface area contributed by atoms with Crippen LogP contribution >= 0.6 is 11.6 Å². The number of fused-ring (bicyclic) bond motifs is 2. The van der Waals surface area contributed by atoms with Crippen molar-refractivity contribution in [3.63, 3.8) is 0 Å². The number of ether oxygens (including phenoxy) is 1. The number of ketones is 1. The number of aryl methyl sites for hydroxylation is 1. The van der Waals surface area contributed by atoms with E-state index in [1.807, 2.05) is 30.3 Å². The summed E-state index contributed by atoms with van der Waals surface area (Å²) in [6.07, 6.45) is 2.99. The normalized spacial score (nSPS) is 11.3. The third-order valence-electron chi connectivity index (χ3n) is 7.02. The lowest BCUT2D eigenvalue weighted by molar-refractivity contribution is 0.0990. The van der Waals surface area contributed by atoms with E-state index in [2.05, 4.69) is 15.0 Å². The van der Waals surface area contributed by atoms with E-state index in [1.54, 1.807) is 49.0 Å². The third-order valence-corrected chi connectivity index (χ3v) is 7.26. The van der Waals surface area contributed by atoms with E-state index in [9.17, 15) is 9.59 Å². The van der Waals surface area contributed by atoms with Crippen LogP contribution in [0.4, 0.5) is 4.39 Å². The molecule has 0 saturated heterocycles. The third kappa shape index (κ3) is 4.42. The Morgan fingerprint density at radius 3 is 2.65 bits per heavy atom. The first-order chi connectivity index (χ1) is 19.3. The number of pyridine rings is 1. The van der Waals surface area contributed by atoms with Crippen molar-refractivity contribution in [3.8, 4) is 22.8 Å². The van der Waals surface area contributed by atoms with E-state index < -0.39 is 11.6 Å². The summed E-state index contributed by atoms with van der Waals surface area (Å²) in [5.41, 5.74) is 3.57. The SMILES string of the molecule is Cc1c(C(=O)Cc2ccc(Oc3ncnc4[nH]cc(-c5ccccc5)c34)c(F)c2)c(=O)c2ccc(Cl)cc2n1C. The van der Waals surface area contributed by atoms with Crippen molar-refractivity contribution in [3.05, 3.63) is 117 Å². The van der Waals surface area contributed by atoms with Gasteiger partial charge in [0.1, 0.15) is 12.0 Å². The molecule has 0 spiro atoms. The molecule has 3 aromatic carbocycles. The van der Waals surface area contributed by atoms with Gasteiger partial charge in [-0.15, -0.1) is 0 Å². The molecule has 40 heavy (non-hydrogen) atoms. The Morgan fingerprint density at radius 1 is 1.07 bits per heavy atom. The van der Waals surface area contributed by atoms with E-state index in [0.717, 1.165) is 11.1 Å². The minimum Gasteiger partial charge on any atom is -0.435 e. The molecule has 3 heterocycles. The number of nitrogens with one attached hydrogen (secondary N) is 1. The fourth-order valence-electron chi connectivity index (χ4n) is 4.92. The molecule has 6 aromatic rings. The van der Waals surface area contributed by atoms with Gasteiger partial charge in [-0.2, -0.15) is 0 Å².